The van der Waals surface area contributed by atoms with Crippen molar-refractivity contribution in [3.05, 3.63) is 35.9 Å². The number of carbonyl (C=O) groups excluding carboxylic acids is 2. The summed E-state index contributed by atoms with van der Waals surface area (Å²) in [6.07, 6.45) is -0.378. The predicted molar refractivity (Wildman–Crippen MR) is 113 cm³/mol. The number of cyclic esters (lactones) is 1. The molecule has 0 radical (unpaired) electrons. The van der Waals surface area contributed by atoms with Gasteiger partial charge < -0.3 is 9.64 Å². The molecule has 148 valence electrons. The number of β-lactam (4-membered cyclic amide) rings is 1. The number of likely N-dealkylation sites (tertiary alicyclic amines) is 1. The number of rotatable bonds is 5. The lowest BCUT2D eigenvalue weighted by Gasteiger charge is -2.59. The third-order valence-electron chi connectivity index (χ3n) is 5.74. The summed E-state index contributed by atoms with van der Waals surface area (Å²) in [5, 5.41) is 0.361. The van der Waals surface area contributed by atoms with E-state index >= 15 is 0 Å². The monoisotopic (exact) mass is 404 g/mol. The number of hydrogen-bond donors (Lipinski definition) is 0. The fourth-order valence-electron chi connectivity index (χ4n) is 5.20. The third kappa shape index (κ3) is 3.35. The molecule has 0 N–H and O–H groups in total. The first-order valence-electron chi connectivity index (χ1n) is 9.69. The van der Waals surface area contributed by atoms with Crippen LogP contribution in [0.4, 0.5) is 4.79 Å². The molecular formula is C20H32N2O3Si2. The van der Waals surface area contributed by atoms with E-state index in [9.17, 15) is 9.59 Å². The minimum absolute atomic E-state index is 0.0807. The number of benzene rings is 1. The zero-order valence-electron chi connectivity index (χ0n) is 17.6. The van der Waals surface area contributed by atoms with Crippen LogP contribution in [0.5, 0.6) is 0 Å². The van der Waals surface area contributed by atoms with Crippen LogP contribution >= 0.6 is 0 Å². The van der Waals surface area contributed by atoms with Crippen LogP contribution in [0.2, 0.25) is 39.3 Å². The summed E-state index contributed by atoms with van der Waals surface area (Å²) in [6, 6.07) is 9.66. The molecule has 0 spiro atoms. The van der Waals surface area contributed by atoms with Crippen molar-refractivity contribution >= 4 is 28.1 Å². The SMILES string of the molecule is C[C@]1(N2C(=O)OC[C@@H]2c2ccccc2)CN(C([Si](C)(C)C)[Si](C)(C)C)C1=O. The molecule has 1 aromatic carbocycles. The summed E-state index contributed by atoms with van der Waals surface area (Å²) in [6.45, 7) is 16.9. The number of amides is 2. The average Bonchev–Trinajstić information content (AvgIpc) is 2.94. The Morgan fingerprint density at radius 3 is 2.07 bits per heavy atom. The highest BCUT2D eigenvalue weighted by Crippen LogP contribution is 2.42. The normalized spacial score (nSPS) is 26.4. The molecule has 2 heterocycles. The van der Waals surface area contributed by atoms with E-state index in [1.807, 2.05) is 37.3 Å². The van der Waals surface area contributed by atoms with E-state index in [1.165, 1.54) is 0 Å². The highest BCUT2D eigenvalue weighted by molar-refractivity contribution is 6.96. The van der Waals surface area contributed by atoms with Gasteiger partial charge >= 0.3 is 6.09 Å². The van der Waals surface area contributed by atoms with Crippen molar-refractivity contribution in [1.82, 2.24) is 9.80 Å². The Morgan fingerprint density at radius 2 is 1.59 bits per heavy atom. The topological polar surface area (TPSA) is 49.9 Å². The van der Waals surface area contributed by atoms with Crippen molar-refractivity contribution in [2.75, 3.05) is 13.2 Å². The van der Waals surface area contributed by atoms with E-state index in [0.717, 1.165) is 5.56 Å². The predicted octanol–water partition coefficient (Wildman–Crippen LogP) is 3.90. The van der Waals surface area contributed by atoms with Gasteiger partial charge in [0, 0.05) is 5.29 Å². The molecule has 3 rings (SSSR count). The van der Waals surface area contributed by atoms with Crippen LogP contribution in [0.3, 0.4) is 0 Å². The molecule has 2 aliphatic rings. The zero-order chi connectivity index (χ0) is 20.2. The Labute approximate surface area is 164 Å². The Bertz CT molecular complexity index is 728. The summed E-state index contributed by atoms with van der Waals surface area (Å²) < 4.78 is 5.37. The maximum atomic E-state index is 13.4. The van der Waals surface area contributed by atoms with Crippen LogP contribution < -0.4 is 0 Å². The molecule has 2 fully saturated rings. The van der Waals surface area contributed by atoms with E-state index in [2.05, 4.69) is 44.2 Å². The van der Waals surface area contributed by atoms with Gasteiger partial charge in [0.2, 0.25) is 5.91 Å². The van der Waals surface area contributed by atoms with Crippen molar-refractivity contribution in [1.29, 1.82) is 0 Å². The van der Waals surface area contributed by atoms with Crippen molar-refractivity contribution in [2.24, 2.45) is 0 Å². The minimum atomic E-state index is -1.56. The largest absolute Gasteiger partial charge is 0.447 e. The van der Waals surface area contributed by atoms with E-state index in [-0.39, 0.29) is 18.0 Å². The lowest BCUT2D eigenvalue weighted by Crippen LogP contribution is -2.80. The average molecular weight is 405 g/mol. The molecule has 2 atom stereocenters. The Balaban J connectivity index is 1.90. The highest BCUT2D eigenvalue weighted by Gasteiger charge is 2.62. The maximum Gasteiger partial charge on any atom is 0.411 e. The maximum absolute atomic E-state index is 13.4. The molecule has 1 aromatic rings. The van der Waals surface area contributed by atoms with Crippen LogP contribution in [0.15, 0.2) is 30.3 Å². The number of nitrogens with zero attached hydrogens (tertiary/aromatic N) is 2. The lowest BCUT2D eigenvalue weighted by atomic mass is 9.87. The van der Waals surface area contributed by atoms with Crippen molar-refractivity contribution in [3.8, 4) is 0 Å². The van der Waals surface area contributed by atoms with Gasteiger partial charge in [0.15, 0.2) is 0 Å². The van der Waals surface area contributed by atoms with Crippen LogP contribution in [-0.2, 0) is 9.53 Å². The van der Waals surface area contributed by atoms with Gasteiger partial charge in [-0.2, -0.15) is 0 Å². The standard InChI is InChI=1S/C20H32N2O3Si2/c1-20(14-21(17(20)23)19(26(2,3)4)27(5,6)7)22-16(13-25-18(22)24)15-11-9-8-10-12-15/h8-12,16,19H,13-14H2,1-7H3/t16-,20+/m1/s1. The molecule has 2 aliphatic heterocycles. The second-order valence-electron chi connectivity index (χ2n) is 10.2. The van der Waals surface area contributed by atoms with Crippen LogP contribution in [-0.4, -0.2) is 61.9 Å². The number of carbonyl (C=O) groups is 2. The molecule has 0 unspecified atom stereocenters. The van der Waals surface area contributed by atoms with Crippen LogP contribution in [0.1, 0.15) is 18.5 Å². The van der Waals surface area contributed by atoms with Gasteiger partial charge in [0.1, 0.15) is 12.1 Å². The Morgan fingerprint density at radius 1 is 1.04 bits per heavy atom. The van der Waals surface area contributed by atoms with E-state index < -0.39 is 21.7 Å². The van der Waals surface area contributed by atoms with Gasteiger partial charge in [0.05, 0.1) is 28.7 Å². The van der Waals surface area contributed by atoms with Crippen molar-refractivity contribution in [3.63, 3.8) is 0 Å². The van der Waals surface area contributed by atoms with Gasteiger partial charge in [-0.25, -0.2) is 4.79 Å². The van der Waals surface area contributed by atoms with Crippen molar-refractivity contribution in [2.45, 2.75) is 63.1 Å². The van der Waals surface area contributed by atoms with Gasteiger partial charge in [-0.15, -0.1) is 0 Å². The smallest absolute Gasteiger partial charge is 0.411 e. The first kappa shape index (κ1) is 20.1. The molecular weight excluding hydrogens is 372 g/mol. The fraction of sp³-hybridized carbons (Fsp3) is 0.600. The lowest BCUT2D eigenvalue weighted by molar-refractivity contribution is -0.160. The van der Waals surface area contributed by atoms with Crippen LogP contribution in [0, 0.1) is 0 Å². The molecule has 7 heteroatoms. The summed E-state index contributed by atoms with van der Waals surface area (Å²) in [5.74, 6) is 0.0807. The highest BCUT2D eigenvalue weighted by atomic mass is 28.4. The van der Waals surface area contributed by atoms with E-state index in [0.29, 0.717) is 18.4 Å². The molecule has 2 amide bonds. The molecule has 0 saturated carbocycles. The summed E-state index contributed by atoms with van der Waals surface area (Å²) in [5.41, 5.74) is 0.203. The molecule has 2 saturated heterocycles. The quantitative estimate of drug-likeness (QED) is 0.552. The first-order valence-corrected chi connectivity index (χ1v) is 16.8. The number of ether oxygens (including phenoxy) is 1. The van der Waals surface area contributed by atoms with Crippen molar-refractivity contribution < 1.29 is 14.3 Å². The van der Waals surface area contributed by atoms with Gasteiger partial charge in [-0.05, 0) is 12.5 Å². The molecule has 0 aromatic heterocycles. The Hall–Kier alpha value is -1.61. The molecule has 0 bridgehead atoms. The molecule has 0 aliphatic carbocycles. The summed E-state index contributed by atoms with van der Waals surface area (Å²) in [4.78, 5) is 29.8. The minimum Gasteiger partial charge on any atom is -0.447 e. The third-order valence-corrected chi connectivity index (χ3v) is 14.8. The fourth-order valence-corrected chi connectivity index (χ4v) is 17.9. The van der Waals surface area contributed by atoms with Gasteiger partial charge in [-0.1, -0.05) is 69.6 Å². The van der Waals surface area contributed by atoms with Gasteiger partial charge in [0.25, 0.3) is 0 Å². The molecule has 27 heavy (non-hydrogen) atoms. The van der Waals surface area contributed by atoms with Crippen LogP contribution in [0.25, 0.3) is 0 Å². The zero-order valence-corrected chi connectivity index (χ0v) is 19.6. The van der Waals surface area contributed by atoms with E-state index in [4.69, 9.17) is 4.74 Å². The second kappa shape index (κ2) is 6.48. The summed E-state index contributed by atoms with van der Waals surface area (Å²) in [7, 11) is -3.13. The van der Waals surface area contributed by atoms with E-state index in [1.54, 1.807) is 4.90 Å². The van der Waals surface area contributed by atoms with Gasteiger partial charge in [-0.3, -0.25) is 9.69 Å². The Kier molecular flexibility index (Phi) is 4.83. The first-order chi connectivity index (χ1) is 12.4. The number of hydrogen-bond acceptors (Lipinski definition) is 3. The summed E-state index contributed by atoms with van der Waals surface area (Å²) >= 11 is 0. The second-order valence-corrected chi connectivity index (χ2v) is 21.4. The molecule has 5 nitrogen and oxygen atoms in total.